The summed E-state index contributed by atoms with van der Waals surface area (Å²) >= 11 is 0. The molecule has 4 rings (SSSR count). The summed E-state index contributed by atoms with van der Waals surface area (Å²) in [6.45, 7) is 6.01. The van der Waals surface area contributed by atoms with E-state index < -0.39 is 0 Å². The topological polar surface area (TPSA) is 18.5 Å². The molecule has 1 aliphatic rings. The Kier molecular flexibility index (Phi) is 15.5. The van der Waals surface area contributed by atoms with Crippen LogP contribution in [0.25, 0.3) is 0 Å². The van der Waals surface area contributed by atoms with Crippen LogP contribution in [0.2, 0.25) is 0 Å². The average molecular weight is 600 g/mol. The number of ether oxygens (including phenoxy) is 2. The first-order valence-electron chi connectivity index (χ1n) is 14.4. The van der Waals surface area contributed by atoms with Gasteiger partial charge in [-0.25, -0.2) is 0 Å². The van der Waals surface area contributed by atoms with Gasteiger partial charge in [0, 0.05) is 26.1 Å². The van der Waals surface area contributed by atoms with E-state index in [1.807, 2.05) is 0 Å². The smallest absolute Gasteiger partial charge is 0.168 e. The normalized spacial score (nSPS) is 15.6. The third-order valence-electron chi connectivity index (χ3n) is 7.19. The summed E-state index contributed by atoms with van der Waals surface area (Å²) < 4.78 is 12.2. The molecular formula is C34H48BrO2P. The van der Waals surface area contributed by atoms with Crippen LogP contribution in [-0.4, -0.2) is 19.0 Å². The largest absolute Gasteiger partial charge is 0.350 e. The van der Waals surface area contributed by atoms with Crippen molar-refractivity contribution in [1.82, 2.24) is 0 Å². The van der Waals surface area contributed by atoms with Crippen molar-refractivity contribution in [3.63, 3.8) is 0 Å². The molecule has 0 bridgehead atoms. The lowest BCUT2D eigenvalue weighted by atomic mass is 9.84. The molecule has 2 nitrogen and oxygen atoms in total. The van der Waals surface area contributed by atoms with E-state index >= 15 is 0 Å². The second kappa shape index (κ2) is 18.0. The maximum Gasteiger partial charge on any atom is 0.168 e. The van der Waals surface area contributed by atoms with Crippen molar-refractivity contribution in [1.29, 1.82) is 0 Å². The molecule has 1 unspecified atom stereocenters. The highest BCUT2D eigenvalue weighted by Gasteiger charge is 2.32. The Balaban J connectivity index is 0.000000264. The molecule has 0 amide bonds. The van der Waals surface area contributed by atoms with Gasteiger partial charge in [0.15, 0.2) is 5.79 Å². The van der Waals surface area contributed by atoms with Crippen molar-refractivity contribution in [2.24, 2.45) is 0 Å². The molecule has 0 N–H and O–H groups in total. The standard InChI is InChI=1S/C19H17P.C15H30O2.BrH/c20-19(16-10-4-1-5-11-16,17-12-6-2-7-13-17)18-14-8-3-9-15-18;1-3-13-16-15(17-14-4-2)11-9-7-5-6-8-10-12-15;/h1-15H,20H2;3-14H2,1-2H3;1H. The Bertz CT molecular complexity index is 864. The van der Waals surface area contributed by atoms with Crippen molar-refractivity contribution in [3.05, 3.63) is 108 Å². The number of rotatable bonds is 9. The third-order valence-corrected chi connectivity index (χ3v) is 8.19. The molecule has 1 atom stereocenters. The fourth-order valence-electron chi connectivity index (χ4n) is 5.13. The van der Waals surface area contributed by atoms with Gasteiger partial charge < -0.3 is 9.47 Å². The maximum absolute atomic E-state index is 6.09. The highest BCUT2D eigenvalue weighted by molar-refractivity contribution is 8.93. The van der Waals surface area contributed by atoms with Gasteiger partial charge in [0.05, 0.1) is 5.16 Å². The fourth-order valence-corrected chi connectivity index (χ4v) is 5.71. The molecule has 0 saturated heterocycles. The van der Waals surface area contributed by atoms with Crippen LogP contribution in [0.15, 0.2) is 91.0 Å². The van der Waals surface area contributed by atoms with Gasteiger partial charge in [0.25, 0.3) is 0 Å². The number of hydrogen-bond donors (Lipinski definition) is 0. The first-order chi connectivity index (χ1) is 18.1. The Morgan fingerprint density at radius 2 is 0.895 bits per heavy atom. The Morgan fingerprint density at radius 1 is 0.579 bits per heavy atom. The van der Waals surface area contributed by atoms with E-state index in [4.69, 9.17) is 9.47 Å². The lowest BCUT2D eigenvalue weighted by Gasteiger charge is -2.34. The van der Waals surface area contributed by atoms with E-state index in [1.165, 1.54) is 55.2 Å². The maximum atomic E-state index is 6.09. The lowest BCUT2D eigenvalue weighted by molar-refractivity contribution is -0.246. The lowest BCUT2D eigenvalue weighted by Crippen LogP contribution is -2.36. The average Bonchev–Trinajstić information content (AvgIpc) is 3.09. The van der Waals surface area contributed by atoms with E-state index in [2.05, 4.69) is 114 Å². The zero-order chi connectivity index (χ0) is 26.2. The summed E-state index contributed by atoms with van der Waals surface area (Å²) in [6.07, 6.45) is 12.3. The highest BCUT2D eigenvalue weighted by Crippen LogP contribution is 2.44. The fraction of sp³-hybridized carbons (Fsp3) is 0.471. The molecule has 3 aromatic carbocycles. The van der Waals surface area contributed by atoms with Crippen molar-refractivity contribution in [2.75, 3.05) is 13.2 Å². The minimum absolute atomic E-state index is 0. The van der Waals surface area contributed by atoms with Crippen molar-refractivity contribution in [3.8, 4) is 0 Å². The molecule has 3 aromatic rings. The van der Waals surface area contributed by atoms with Crippen molar-refractivity contribution in [2.45, 2.75) is 89.0 Å². The summed E-state index contributed by atoms with van der Waals surface area (Å²) in [6, 6.07) is 31.9. The Morgan fingerprint density at radius 3 is 1.21 bits per heavy atom. The molecular weight excluding hydrogens is 551 g/mol. The molecule has 0 heterocycles. The molecule has 4 heteroatoms. The van der Waals surface area contributed by atoms with Crippen LogP contribution in [-0.2, 0) is 14.6 Å². The van der Waals surface area contributed by atoms with Crippen LogP contribution >= 0.6 is 26.2 Å². The van der Waals surface area contributed by atoms with E-state index in [-0.39, 0.29) is 27.9 Å². The van der Waals surface area contributed by atoms with E-state index in [9.17, 15) is 0 Å². The Hall–Kier alpha value is -1.51. The van der Waals surface area contributed by atoms with Crippen LogP contribution in [0.1, 0.15) is 94.7 Å². The molecule has 1 aliphatic carbocycles. The van der Waals surface area contributed by atoms with Crippen molar-refractivity contribution < 1.29 is 9.47 Å². The minimum Gasteiger partial charge on any atom is -0.350 e. The van der Waals surface area contributed by atoms with Crippen LogP contribution in [0.4, 0.5) is 0 Å². The predicted molar refractivity (Wildman–Crippen MR) is 171 cm³/mol. The van der Waals surface area contributed by atoms with Gasteiger partial charge in [0.2, 0.25) is 0 Å². The molecule has 0 spiro atoms. The van der Waals surface area contributed by atoms with Gasteiger partial charge in [-0.3, -0.25) is 0 Å². The number of halogens is 1. The number of hydrogen-bond acceptors (Lipinski definition) is 2. The van der Waals surface area contributed by atoms with Gasteiger partial charge in [-0.1, -0.05) is 131 Å². The first-order valence-corrected chi connectivity index (χ1v) is 15.0. The highest BCUT2D eigenvalue weighted by atomic mass is 79.9. The van der Waals surface area contributed by atoms with Crippen molar-refractivity contribution >= 4 is 26.2 Å². The van der Waals surface area contributed by atoms with Crippen LogP contribution in [0, 0.1) is 0 Å². The summed E-state index contributed by atoms with van der Waals surface area (Å²) in [5.41, 5.74) is 3.84. The molecule has 208 valence electrons. The van der Waals surface area contributed by atoms with Gasteiger partial charge in [-0.2, -0.15) is 0 Å². The van der Waals surface area contributed by atoms with Crippen LogP contribution < -0.4 is 0 Å². The molecule has 0 aliphatic heterocycles. The monoisotopic (exact) mass is 598 g/mol. The van der Waals surface area contributed by atoms with Gasteiger partial charge in [0.1, 0.15) is 0 Å². The molecule has 1 fully saturated rings. The van der Waals surface area contributed by atoms with E-state index in [0.717, 1.165) is 38.9 Å². The van der Waals surface area contributed by atoms with E-state index in [0.29, 0.717) is 0 Å². The summed E-state index contributed by atoms with van der Waals surface area (Å²) in [7, 11) is 3.06. The summed E-state index contributed by atoms with van der Waals surface area (Å²) in [4.78, 5) is 0. The minimum atomic E-state index is -0.254. The second-order valence-electron chi connectivity index (χ2n) is 10.1. The summed E-state index contributed by atoms with van der Waals surface area (Å²) in [5, 5.41) is -0.205. The SMILES string of the molecule is Br.CCCOC1(OCCC)CCCCCCCC1.PC(c1ccccc1)(c1ccccc1)c1ccccc1. The quantitative estimate of drug-likeness (QED) is 0.138. The first kappa shape index (κ1) is 32.7. The van der Waals surface area contributed by atoms with E-state index in [1.54, 1.807) is 0 Å². The molecule has 0 aromatic heterocycles. The third kappa shape index (κ3) is 9.60. The van der Waals surface area contributed by atoms with Gasteiger partial charge in [-0.15, -0.1) is 26.2 Å². The zero-order valence-corrected chi connectivity index (χ0v) is 26.3. The molecule has 38 heavy (non-hydrogen) atoms. The summed E-state index contributed by atoms with van der Waals surface area (Å²) in [5.74, 6) is -0.254. The van der Waals surface area contributed by atoms with Gasteiger partial charge in [-0.05, 0) is 42.4 Å². The number of benzene rings is 3. The van der Waals surface area contributed by atoms with Gasteiger partial charge >= 0.3 is 0 Å². The molecule has 1 saturated carbocycles. The zero-order valence-electron chi connectivity index (χ0n) is 23.4. The Labute approximate surface area is 244 Å². The molecule has 0 radical (unpaired) electrons. The predicted octanol–water partition coefficient (Wildman–Crippen LogP) is 10.1. The second-order valence-corrected chi connectivity index (χ2v) is 11.0. The van der Waals surface area contributed by atoms with Crippen LogP contribution in [0.5, 0.6) is 0 Å². The van der Waals surface area contributed by atoms with Crippen LogP contribution in [0.3, 0.4) is 0 Å².